The van der Waals surface area contributed by atoms with E-state index in [9.17, 15) is 4.39 Å². The summed E-state index contributed by atoms with van der Waals surface area (Å²) in [5.74, 6) is -0.263. The highest BCUT2D eigenvalue weighted by Crippen LogP contribution is 2.24. The van der Waals surface area contributed by atoms with Gasteiger partial charge >= 0.3 is 0 Å². The molecule has 1 aliphatic heterocycles. The minimum absolute atomic E-state index is 0.126. The number of rotatable bonds is 1. The number of hydrogen-bond acceptors (Lipinski definition) is 3. The third-order valence-electron chi connectivity index (χ3n) is 2.73. The van der Waals surface area contributed by atoms with E-state index in [0.717, 1.165) is 0 Å². The van der Waals surface area contributed by atoms with Gasteiger partial charge in [-0.05, 0) is 32.0 Å². The normalized spacial score (nSPS) is 25.8. The summed E-state index contributed by atoms with van der Waals surface area (Å²) in [5, 5.41) is 0. The SMILES string of the molecule is C[C@H]1CN(c2ccc(N)cc2F)C[C@H](C)O1. The van der Waals surface area contributed by atoms with Crippen molar-refractivity contribution in [3.63, 3.8) is 0 Å². The molecule has 2 N–H and O–H groups in total. The summed E-state index contributed by atoms with van der Waals surface area (Å²) < 4.78 is 19.3. The van der Waals surface area contributed by atoms with Crippen LogP contribution in [0, 0.1) is 5.82 Å². The quantitative estimate of drug-likeness (QED) is 0.742. The van der Waals surface area contributed by atoms with Gasteiger partial charge in [0.25, 0.3) is 0 Å². The molecule has 1 aliphatic rings. The molecule has 0 bridgehead atoms. The van der Waals surface area contributed by atoms with Crippen molar-refractivity contribution in [3.8, 4) is 0 Å². The lowest BCUT2D eigenvalue weighted by atomic mass is 10.2. The number of nitrogens with two attached hydrogens (primary N) is 1. The van der Waals surface area contributed by atoms with Gasteiger partial charge in [-0.15, -0.1) is 0 Å². The van der Waals surface area contributed by atoms with Crippen molar-refractivity contribution < 1.29 is 9.13 Å². The number of nitrogens with zero attached hydrogens (tertiary/aromatic N) is 1. The smallest absolute Gasteiger partial charge is 0.148 e. The molecule has 16 heavy (non-hydrogen) atoms. The maximum atomic E-state index is 13.7. The number of anilines is 2. The van der Waals surface area contributed by atoms with Gasteiger partial charge in [-0.2, -0.15) is 0 Å². The van der Waals surface area contributed by atoms with E-state index in [4.69, 9.17) is 10.5 Å². The van der Waals surface area contributed by atoms with Crippen LogP contribution < -0.4 is 10.6 Å². The Hall–Kier alpha value is -1.29. The van der Waals surface area contributed by atoms with Crippen molar-refractivity contribution in [2.24, 2.45) is 0 Å². The Morgan fingerprint density at radius 2 is 1.94 bits per heavy atom. The highest BCUT2D eigenvalue weighted by atomic mass is 19.1. The van der Waals surface area contributed by atoms with Crippen molar-refractivity contribution in [2.45, 2.75) is 26.1 Å². The molecule has 0 amide bonds. The van der Waals surface area contributed by atoms with Crippen LogP contribution in [0.1, 0.15) is 13.8 Å². The van der Waals surface area contributed by atoms with E-state index >= 15 is 0 Å². The lowest BCUT2D eigenvalue weighted by molar-refractivity contribution is -0.00539. The van der Waals surface area contributed by atoms with Crippen LogP contribution in [-0.2, 0) is 4.74 Å². The third-order valence-corrected chi connectivity index (χ3v) is 2.73. The molecule has 2 rings (SSSR count). The third kappa shape index (κ3) is 2.27. The van der Waals surface area contributed by atoms with Crippen LogP contribution in [0.3, 0.4) is 0 Å². The van der Waals surface area contributed by atoms with Crippen molar-refractivity contribution in [1.82, 2.24) is 0 Å². The molecule has 0 aliphatic carbocycles. The Labute approximate surface area is 95.0 Å². The number of nitrogen functional groups attached to an aromatic ring is 1. The van der Waals surface area contributed by atoms with Crippen LogP contribution in [0.15, 0.2) is 18.2 Å². The zero-order chi connectivity index (χ0) is 11.7. The maximum Gasteiger partial charge on any atom is 0.148 e. The van der Waals surface area contributed by atoms with Crippen LogP contribution in [0.25, 0.3) is 0 Å². The van der Waals surface area contributed by atoms with Gasteiger partial charge in [0.2, 0.25) is 0 Å². The van der Waals surface area contributed by atoms with Crippen LogP contribution >= 0.6 is 0 Å². The molecule has 3 nitrogen and oxygen atoms in total. The lowest BCUT2D eigenvalue weighted by Gasteiger charge is -2.37. The summed E-state index contributed by atoms with van der Waals surface area (Å²) in [6.45, 7) is 5.42. The van der Waals surface area contributed by atoms with E-state index in [1.54, 1.807) is 12.1 Å². The van der Waals surface area contributed by atoms with Crippen LogP contribution in [-0.4, -0.2) is 25.3 Å². The van der Waals surface area contributed by atoms with Gasteiger partial charge in [0, 0.05) is 18.8 Å². The Morgan fingerprint density at radius 3 is 2.50 bits per heavy atom. The maximum absolute atomic E-state index is 13.7. The molecule has 1 aromatic carbocycles. The number of ether oxygens (including phenoxy) is 1. The first-order valence-corrected chi connectivity index (χ1v) is 5.51. The topological polar surface area (TPSA) is 38.5 Å². The fourth-order valence-electron chi connectivity index (χ4n) is 2.15. The van der Waals surface area contributed by atoms with E-state index < -0.39 is 0 Å². The first-order chi connectivity index (χ1) is 7.56. The molecule has 4 heteroatoms. The summed E-state index contributed by atoms with van der Waals surface area (Å²) in [4.78, 5) is 2.01. The number of morpholine rings is 1. The molecular formula is C12H17FN2O. The average molecular weight is 224 g/mol. The Kier molecular flexibility index (Phi) is 3.01. The number of benzene rings is 1. The Morgan fingerprint density at radius 1 is 1.31 bits per heavy atom. The van der Waals surface area contributed by atoms with E-state index in [1.807, 2.05) is 18.7 Å². The van der Waals surface area contributed by atoms with Crippen molar-refractivity contribution >= 4 is 11.4 Å². The van der Waals surface area contributed by atoms with Gasteiger partial charge in [-0.1, -0.05) is 0 Å². The highest BCUT2D eigenvalue weighted by Gasteiger charge is 2.23. The van der Waals surface area contributed by atoms with Gasteiger partial charge in [-0.25, -0.2) is 4.39 Å². The molecule has 2 atom stereocenters. The summed E-state index contributed by atoms with van der Waals surface area (Å²) in [5.41, 5.74) is 6.59. The molecule has 88 valence electrons. The number of hydrogen-bond donors (Lipinski definition) is 1. The molecule has 1 heterocycles. The van der Waals surface area contributed by atoms with Gasteiger partial charge in [-0.3, -0.25) is 0 Å². The van der Waals surface area contributed by atoms with Crippen LogP contribution in [0.4, 0.5) is 15.8 Å². The van der Waals surface area contributed by atoms with Crippen LogP contribution in [0.5, 0.6) is 0 Å². The highest BCUT2D eigenvalue weighted by molar-refractivity contribution is 5.54. The van der Waals surface area contributed by atoms with E-state index in [0.29, 0.717) is 24.5 Å². The van der Waals surface area contributed by atoms with Crippen molar-refractivity contribution in [2.75, 3.05) is 23.7 Å². The van der Waals surface area contributed by atoms with Gasteiger partial charge in [0.15, 0.2) is 0 Å². The second-order valence-electron chi connectivity index (χ2n) is 4.37. The molecule has 1 fully saturated rings. The largest absolute Gasteiger partial charge is 0.399 e. The summed E-state index contributed by atoms with van der Waals surface area (Å²) in [6.07, 6.45) is 0.251. The Balaban J connectivity index is 2.23. The molecule has 0 radical (unpaired) electrons. The van der Waals surface area contributed by atoms with Crippen molar-refractivity contribution in [3.05, 3.63) is 24.0 Å². The van der Waals surface area contributed by atoms with E-state index in [1.165, 1.54) is 6.07 Å². The van der Waals surface area contributed by atoms with Gasteiger partial charge in [0.1, 0.15) is 5.82 Å². The van der Waals surface area contributed by atoms with Gasteiger partial charge < -0.3 is 15.4 Å². The summed E-state index contributed by atoms with van der Waals surface area (Å²) >= 11 is 0. The van der Waals surface area contributed by atoms with E-state index in [2.05, 4.69) is 0 Å². The zero-order valence-electron chi connectivity index (χ0n) is 9.61. The van der Waals surface area contributed by atoms with Crippen LogP contribution in [0.2, 0.25) is 0 Å². The van der Waals surface area contributed by atoms with Gasteiger partial charge in [0.05, 0.1) is 17.9 Å². The molecule has 0 saturated carbocycles. The lowest BCUT2D eigenvalue weighted by Crippen LogP contribution is -2.45. The molecule has 0 aromatic heterocycles. The fourth-order valence-corrected chi connectivity index (χ4v) is 2.15. The second-order valence-corrected chi connectivity index (χ2v) is 4.37. The Bertz CT molecular complexity index is 373. The first-order valence-electron chi connectivity index (χ1n) is 5.51. The molecule has 0 spiro atoms. The average Bonchev–Trinajstić information content (AvgIpc) is 2.15. The minimum Gasteiger partial charge on any atom is -0.399 e. The summed E-state index contributed by atoms with van der Waals surface area (Å²) in [6, 6.07) is 4.82. The fraction of sp³-hybridized carbons (Fsp3) is 0.500. The predicted molar refractivity (Wildman–Crippen MR) is 63.0 cm³/mol. The molecular weight excluding hydrogens is 207 g/mol. The predicted octanol–water partition coefficient (Wildman–Crippen LogP) is 2.02. The zero-order valence-corrected chi connectivity index (χ0v) is 9.61. The molecule has 0 unspecified atom stereocenters. The monoisotopic (exact) mass is 224 g/mol. The minimum atomic E-state index is -0.263. The van der Waals surface area contributed by atoms with E-state index in [-0.39, 0.29) is 18.0 Å². The molecule has 1 saturated heterocycles. The standard InChI is InChI=1S/C12H17FN2O/c1-8-6-15(7-9(2)16-8)12-4-3-10(14)5-11(12)13/h3-5,8-9H,6-7,14H2,1-2H3/t8-,9-/m0/s1. The molecule has 1 aromatic rings. The summed E-state index contributed by atoms with van der Waals surface area (Å²) in [7, 11) is 0. The van der Waals surface area contributed by atoms with Crippen molar-refractivity contribution in [1.29, 1.82) is 0 Å². The first kappa shape index (κ1) is 11.2. The second kappa shape index (κ2) is 4.29. The number of halogens is 1.